The lowest BCUT2D eigenvalue weighted by Crippen LogP contribution is -2.54. The van der Waals surface area contributed by atoms with Crippen LogP contribution in [-0.4, -0.2) is 17.7 Å². The summed E-state index contributed by atoms with van der Waals surface area (Å²) < 4.78 is 0. The molecular formula is C21H33NO2. The third-order valence-electron chi connectivity index (χ3n) is 10.2. The summed E-state index contributed by atoms with van der Waals surface area (Å²) in [6.07, 6.45) is 5.79. The third-order valence-corrected chi connectivity index (χ3v) is 10.2. The molecule has 0 aromatic carbocycles. The van der Waals surface area contributed by atoms with E-state index < -0.39 is 5.41 Å². The van der Waals surface area contributed by atoms with Gasteiger partial charge in [-0.05, 0) is 54.3 Å². The predicted octanol–water partition coefficient (Wildman–Crippen LogP) is 4.10. The molecule has 4 fully saturated rings. The molecule has 4 rings (SSSR count). The van der Waals surface area contributed by atoms with Gasteiger partial charge >= 0.3 is 0 Å². The second-order valence-corrected chi connectivity index (χ2v) is 10.8. The van der Waals surface area contributed by atoms with Crippen LogP contribution in [0.15, 0.2) is 0 Å². The molecule has 0 spiro atoms. The Morgan fingerprint density at radius 3 is 2.12 bits per heavy atom. The molecule has 1 N–H and O–H groups in total. The maximum Gasteiger partial charge on any atom is 0.227 e. The smallest absolute Gasteiger partial charge is 0.227 e. The van der Waals surface area contributed by atoms with Crippen molar-refractivity contribution in [2.75, 3.05) is 0 Å². The van der Waals surface area contributed by atoms with Gasteiger partial charge in [-0.1, -0.05) is 41.5 Å². The number of carbonyl (C=O) groups is 2. The van der Waals surface area contributed by atoms with Crippen LogP contribution in [-0.2, 0) is 9.59 Å². The summed E-state index contributed by atoms with van der Waals surface area (Å²) in [4.78, 5) is 26.1. The number of fused-ring (bicyclic) bond motifs is 4. The minimum absolute atomic E-state index is 0.164. The van der Waals surface area contributed by atoms with E-state index in [4.69, 9.17) is 0 Å². The van der Waals surface area contributed by atoms with Gasteiger partial charge in [-0.3, -0.25) is 9.59 Å². The summed E-state index contributed by atoms with van der Waals surface area (Å²) in [6, 6.07) is 0.270. The molecule has 0 heterocycles. The average Bonchev–Trinajstić information content (AvgIpc) is 2.97. The van der Waals surface area contributed by atoms with E-state index in [1.165, 1.54) is 12.8 Å². The quantitative estimate of drug-likeness (QED) is 0.828. The molecule has 0 aromatic heterocycles. The first-order valence-corrected chi connectivity index (χ1v) is 9.77. The van der Waals surface area contributed by atoms with Gasteiger partial charge in [-0.15, -0.1) is 0 Å². The molecule has 4 aliphatic carbocycles. The number of rotatable bonds is 2. The lowest BCUT2D eigenvalue weighted by Gasteiger charge is -2.43. The highest BCUT2D eigenvalue weighted by atomic mass is 16.2. The molecule has 0 unspecified atom stereocenters. The van der Waals surface area contributed by atoms with Gasteiger partial charge in [0.25, 0.3) is 0 Å². The van der Waals surface area contributed by atoms with Gasteiger partial charge in [0.05, 0.1) is 5.41 Å². The summed E-state index contributed by atoms with van der Waals surface area (Å²) in [7, 11) is 0. The summed E-state index contributed by atoms with van der Waals surface area (Å²) in [5.74, 6) is 1.18. The van der Waals surface area contributed by atoms with Crippen molar-refractivity contribution >= 4 is 11.7 Å². The molecule has 0 aromatic rings. The van der Waals surface area contributed by atoms with Crippen molar-refractivity contribution in [1.82, 2.24) is 5.32 Å². The van der Waals surface area contributed by atoms with Crippen molar-refractivity contribution < 1.29 is 9.59 Å². The van der Waals surface area contributed by atoms with Crippen LogP contribution in [0.4, 0.5) is 0 Å². The largest absolute Gasteiger partial charge is 0.352 e. The van der Waals surface area contributed by atoms with Gasteiger partial charge in [0.2, 0.25) is 5.91 Å². The van der Waals surface area contributed by atoms with Crippen LogP contribution in [0.3, 0.4) is 0 Å². The third kappa shape index (κ3) is 1.48. The van der Waals surface area contributed by atoms with Gasteiger partial charge in [0, 0.05) is 17.9 Å². The molecule has 4 aliphatic rings. The van der Waals surface area contributed by atoms with Gasteiger partial charge in [-0.25, -0.2) is 0 Å². The molecule has 24 heavy (non-hydrogen) atoms. The first kappa shape index (κ1) is 16.6. The minimum Gasteiger partial charge on any atom is -0.352 e. The number of Topliss-reactive ketones (excluding diaryl/α,β-unsaturated/α-hetero) is 1. The molecule has 3 heteroatoms. The van der Waals surface area contributed by atoms with Crippen molar-refractivity contribution in [3.05, 3.63) is 0 Å². The molecule has 1 amide bonds. The van der Waals surface area contributed by atoms with Crippen LogP contribution < -0.4 is 5.32 Å². The first-order valence-electron chi connectivity index (χ1n) is 9.77. The highest BCUT2D eigenvalue weighted by Gasteiger charge is 2.73. The number of carbonyl (C=O) groups excluding carboxylic acids is 2. The molecular weight excluding hydrogens is 298 g/mol. The Bertz CT molecular complexity index is 636. The lowest BCUT2D eigenvalue weighted by molar-refractivity contribution is -0.138. The van der Waals surface area contributed by atoms with Crippen LogP contribution in [0.2, 0.25) is 0 Å². The topological polar surface area (TPSA) is 46.2 Å². The van der Waals surface area contributed by atoms with Gasteiger partial charge < -0.3 is 5.32 Å². The molecule has 0 aliphatic heterocycles. The number of hydrogen-bond donors (Lipinski definition) is 1. The summed E-state index contributed by atoms with van der Waals surface area (Å²) in [6.45, 7) is 13.5. The number of hydrogen-bond acceptors (Lipinski definition) is 2. The maximum atomic E-state index is 13.5. The van der Waals surface area contributed by atoms with E-state index in [1.54, 1.807) is 0 Å². The van der Waals surface area contributed by atoms with Crippen LogP contribution in [0.25, 0.3) is 0 Å². The molecule has 3 nitrogen and oxygen atoms in total. The van der Waals surface area contributed by atoms with E-state index in [2.05, 4.69) is 46.9 Å². The number of ketones is 1. The predicted molar refractivity (Wildman–Crippen MR) is 94.3 cm³/mol. The van der Waals surface area contributed by atoms with Crippen molar-refractivity contribution in [2.24, 2.45) is 33.0 Å². The summed E-state index contributed by atoms with van der Waals surface area (Å²) in [5.41, 5.74) is -0.551. The molecule has 0 radical (unpaired) electrons. The molecule has 134 valence electrons. The molecule has 4 saturated carbocycles. The second-order valence-electron chi connectivity index (χ2n) is 10.8. The Hall–Kier alpha value is -0.860. The fourth-order valence-electron chi connectivity index (χ4n) is 7.08. The highest BCUT2D eigenvalue weighted by molar-refractivity contribution is 5.99. The summed E-state index contributed by atoms with van der Waals surface area (Å²) >= 11 is 0. The van der Waals surface area contributed by atoms with Crippen molar-refractivity contribution in [2.45, 2.75) is 86.1 Å². The zero-order valence-electron chi connectivity index (χ0n) is 16.2. The maximum absolute atomic E-state index is 13.5. The average molecular weight is 332 g/mol. The monoisotopic (exact) mass is 331 g/mol. The SMILES string of the molecule is CC1(C)[C@@]2(C(=O)N[C@@H]3C[C@H]4CC[C@@]3(C)C4(C)C)CC[C@@]1(C)C(=O)C2. The Morgan fingerprint density at radius 1 is 1.04 bits per heavy atom. The van der Waals surface area contributed by atoms with E-state index in [0.717, 1.165) is 25.2 Å². The van der Waals surface area contributed by atoms with Crippen molar-refractivity contribution in [3.63, 3.8) is 0 Å². The van der Waals surface area contributed by atoms with Gasteiger partial charge in [0.1, 0.15) is 5.78 Å². The van der Waals surface area contributed by atoms with Crippen LogP contribution in [0.5, 0.6) is 0 Å². The van der Waals surface area contributed by atoms with Crippen molar-refractivity contribution in [1.29, 1.82) is 0 Å². The van der Waals surface area contributed by atoms with E-state index >= 15 is 0 Å². The Balaban J connectivity index is 1.62. The number of nitrogens with one attached hydrogen (secondary N) is 1. The van der Waals surface area contributed by atoms with Crippen LogP contribution >= 0.6 is 0 Å². The zero-order valence-corrected chi connectivity index (χ0v) is 16.2. The Kier molecular flexibility index (Phi) is 2.95. The zero-order chi connectivity index (χ0) is 17.8. The van der Waals surface area contributed by atoms with Gasteiger partial charge in [0.15, 0.2) is 0 Å². The fraction of sp³-hybridized carbons (Fsp3) is 0.905. The highest BCUT2D eigenvalue weighted by Crippen LogP contribution is 2.71. The van der Waals surface area contributed by atoms with E-state index in [9.17, 15) is 9.59 Å². The van der Waals surface area contributed by atoms with Crippen LogP contribution in [0.1, 0.15) is 80.1 Å². The Morgan fingerprint density at radius 2 is 1.71 bits per heavy atom. The second kappa shape index (κ2) is 4.27. The van der Waals surface area contributed by atoms with Crippen molar-refractivity contribution in [3.8, 4) is 0 Å². The fourth-order valence-corrected chi connectivity index (χ4v) is 7.08. The van der Waals surface area contributed by atoms with Crippen LogP contribution in [0, 0.1) is 33.0 Å². The normalized spacial score (nSPS) is 50.5. The van der Waals surface area contributed by atoms with E-state index in [0.29, 0.717) is 17.6 Å². The number of amides is 1. The molecule has 4 bridgehead atoms. The lowest BCUT2D eigenvalue weighted by atomic mass is 9.64. The van der Waals surface area contributed by atoms with E-state index in [1.807, 2.05) is 0 Å². The molecule has 0 saturated heterocycles. The first-order chi connectivity index (χ1) is 10.9. The summed E-state index contributed by atoms with van der Waals surface area (Å²) in [5, 5.41) is 3.47. The van der Waals surface area contributed by atoms with E-state index in [-0.39, 0.29) is 28.2 Å². The Labute approximate surface area is 146 Å². The van der Waals surface area contributed by atoms with Gasteiger partial charge in [-0.2, -0.15) is 0 Å². The molecule has 5 atom stereocenters. The minimum atomic E-state index is -0.485. The standard InChI is InChI=1S/C21H33NO2/c1-17(2)13-7-8-19(17,5)14(11-13)22-16(24)21-10-9-20(6,15(23)12-21)18(21,3)4/h13-14H,7-12H2,1-6H3,(H,22,24)/t13-,14-,19-,20+,21+/m1/s1.